The molecule has 29 heavy (non-hydrogen) atoms. The predicted octanol–water partition coefficient (Wildman–Crippen LogP) is 4.35. The summed E-state index contributed by atoms with van der Waals surface area (Å²) >= 11 is 6.70. The van der Waals surface area contributed by atoms with Crippen LogP contribution < -0.4 is 5.56 Å². The topological polar surface area (TPSA) is 42.3 Å². The third-order valence-electron chi connectivity index (χ3n) is 5.40. The highest BCUT2D eigenvalue weighted by molar-refractivity contribution is 8.26. The van der Waals surface area contributed by atoms with Gasteiger partial charge in [0.15, 0.2) is 0 Å². The fourth-order valence-electron chi connectivity index (χ4n) is 4.03. The number of hydrogen-bond acceptors (Lipinski definition) is 4. The zero-order chi connectivity index (χ0) is 20.0. The largest absolute Gasteiger partial charge is 0.307 e. The van der Waals surface area contributed by atoms with Crippen molar-refractivity contribution in [2.75, 3.05) is 0 Å². The van der Waals surface area contributed by atoms with Gasteiger partial charge in [-0.2, -0.15) is 0 Å². The van der Waals surface area contributed by atoms with E-state index in [2.05, 4.69) is 6.07 Å². The number of pyridine rings is 1. The van der Waals surface area contributed by atoms with Gasteiger partial charge >= 0.3 is 0 Å². The normalized spacial score (nSPS) is 17.5. The van der Waals surface area contributed by atoms with Crippen LogP contribution in [0, 0.1) is 0 Å². The number of aryl methyl sites for hydroxylation is 2. The van der Waals surface area contributed by atoms with Gasteiger partial charge in [0, 0.05) is 12.1 Å². The highest BCUT2D eigenvalue weighted by atomic mass is 32.2. The molecule has 0 atom stereocenters. The van der Waals surface area contributed by atoms with Crippen LogP contribution in [0.2, 0.25) is 0 Å². The lowest BCUT2D eigenvalue weighted by Crippen LogP contribution is -2.28. The maximum absolute atomic E-state index is 13.1. The van der Waals surface area contributed by atoms with Crippen LogP contribution in [0.1, 0.15) is 23.1 Å². The van der Waals surface area contributed by atoms with Crippen LogP contribution in [0.5, 0.6) is 0 Å². The first-order chi connectivity index (χ1) is 14.1. The Labute approximate surface area is 177 Å². The van der Waals surface area contributed by atoms with E-state index in [4.69, 9.17) is 12.2 Å². The molecule has 2 aliphatic heterocycles. The molecule has 1 aromatic heterocycles. The summed E-state index contributed by atoms with van der Waals surface area (Å²) in [6.07, 6.45) is 3.65. The summed E-state index contributed by atoms with van der Waals surface area (Å²) in [7, 11) is 0. The maximum atomic E-state index is 13.1. The number of aromatic nitrogens is 1. The number of rotatable bonds is 3. The van der Waals surface area contributed by atoms with E-state index in [0.29, 0.717) is 27.9 Å². The quantitative estimate of drug-likeness (QED) is 0.469. The molecule has 144 valence electrons. The Morgan fingerprint density at radius 2 is 1.90 bits per heavy atom. The average Bonchev–Trinajstić information content (AvgIpc) is 3.00. The van der Waals surface area contributed by atoms with Crippen LogP contribution in [0.15, 0.2) is 64.3 Å². The fourth-order valence-corrected chi connectivity index (χ4v) is 5.28. The minimum absolute atomic E-state index is 0.0435. The summed E-state index contributed by atoms with van der Waals surface area (Å²) in [6, 6.07) is 17.8. The minimum Gasteiger partial charge on any atom is -0.307 e. The summed E-state index contributed by atoms with van der Waals surface area (Å²) in [5, 5.41) is 1.04. The van der Waals surface area contributed by atoms with E-state index < -0.39 is 0 Å². The van der Waals surface area contributed by atoms with E-state index in [1.54, 1.807) is 11.0 Å². The zero-order valence-electron chi connectivity index (χ0n) is 15.6. The number of carbonyl (C=O) groups is 1. The van der Waals surface area contributed by atoms with Crippen molar-refractivity contribution >= 4 is 51.2 Å². The van der Waals surface area contributed by atoms with Gasteiger partial charge in [-0.1, -0.05) is 72.5 Å². The molecule has 2 aromatic carbocycles. The van der Waals surface area contributed by atoms with Gasteiger partial charge in [-0.25, -0.2) is 0 Å². The van der Waals surface area contributed by atoms with E-state index in [9.17, 15) is 9.59 Å². The second-order valence-corrected chi connectivity index (χ2v) is 8.94. The number of nitrogens with zero attached hydrogens (tertiary/aromatic N) is 2. The number of para-hydroxylation sites is 1. The number of hydrogen-bond donors (Lipinski definition) is 0. The molecule has 6 heteroatoms. The molecule has 0 saturated carbocycles. The van der Waals surface area contributed by atoms with Crippen molar-refractivity contribution < 1.29 is 4.79 Å². The van der Waals surface area contributed by atoms with Gasteiger partial charge in [-0.05, 0) is 41.5 Å². The van der Waals surface area contributed by atoms with Gasteiger partial charge < -0.3 is 4.57 Å². The van der Waals surface area contributed by atoms with Crippen molar-refractivity contribution in [2.24, 2.45) is 0 Å². The molecule has 4 nitrogen and oxygen atoms in total. The molecule has 3 aromatic rings. The number of thioether (sulfide) groups is 1. The fraction of sp³-hybridized carbons (Fsp3) is 0.174. The van der Waals surface area contributed by atoms with Gasteiger partial charge in [-0.3, -0.25) is 14.5 Å². The second kappa shape index (κ2) is 7.28. The molecule has 2 aliphatic rings. The third-order valence-corrected chi connectivity index (χ3v) is 6.77. The van der Waals surface area contributed by atoms with Crippen LogP contribution in [-0.4, -0.2) is 19.7 Å². The molecule has 0 N–H and O–H groups in total. The lowest BCUT2D eigenvalue weighted by Gasteiger charge is -2.19. The van der Waals surface area contributed by atoms with Crippen molar-refractivity contribution in [2.45, 2.75) is 25.9 Å². The van der Waals surface area contributed by atoms with E-state index in [1.165, 1.54) is 17.3 Å². The van der Waals surface area contributed by atoms with E-state index in [-0.39, 0.29) is 11.5 Å². The minimum atomic E-state index is -0.143. The Hall–Kier alpha value is -2.70. The van der Waals surface area contributed by atoms with Gasteiger partial charge in [0.25, 0.3) is 11.5 Å². The molecule has 0 aliphatic carbocycles. The van der Waals surface area contributed by atoms with E-state index in [1.807, 2.05) is 53.1 Å². The summed E-state index contributed by atoms with van der Waals surface area (Å²) in [6.45, 7) is 1.15. The third kappa shape index (κ3) is 3.22. The van der Waals surface area contributed by atoms with E-state index >= 15 is 0 Å². The van der Waals surface area contributed by atoms with Gasteiger partial charge in [0.05, 0.1) is 17.0 Å². The van der Waals surface area contributed by atoms with Crippen molar-refractivity contribution in [1.29, 1.82) is 0 Å². The summed E-state index contributed by atoms with van der Waals surface area (Å²) in [4.78, 5) is 28.2. The van der Waals surface area contributed by atoms with E-state index in [0.717, 1.165) is 29.3 Å². The molecule has 1 saturated heterocycles. The van der Waals surface area contributed by atoms with Crippen molar-refractivity contribution in [1.82, 2.24) is 9.47 Å². The number of benzene rings is 2. The summed E-state index contributed by atoms with van der Waals surface area (Å²) < 4.78 is 2.37. The lowest BCUT2D eigenvalue weighted by atomic mass is 10.00. The lowest BCUT2D eigenvalue weighted by molar-refractivity contribution is -0.122. The Kier molecular flexibility index (Phi) is 4.60. The molecule has 0 unspecified atom stereocenters. The smallest absolute Gasteiger partial charge is 0.266 e. The average molecular weight is 419 g/mol. The Bertz CT molecular complexity index is 1240. The first-order valence-corrected chi connectivity index (χ1v) is 10.8. The molecule has 0 bridgehead atoms. The van der Waals surface area contributed by atoms with Gasteiger partial charge in [0.1, 0.15) is 4.32 Å². The number of carbonyl (C=O) groups excluding carboxylic acids is 1. The van der Waals surface area contributed by atoms with Crippen LogP contribution >= 0.6 is 24.0 Å². The first kappa shape index (κ1) is 18.3. The molecule has 3 heterocycles. The highest BCUT2D eigenvalue weighted by Gasteiger charge is 2.32. The molecule has 5 rings (SSSR count). The van der Waals surface area contributed by atoms with Crippen LogP contribution in [0.3, 0.4) is 0 Å². The maximum Gasteiger partial charge on any atom is 0.266 e. The van der Waals surface area contributed by atoms with Crippen molar-refractivity contribution in [3.8, 4) is 0 Å². The highest BCUT2D eigenvalue weighted by Crippen LogP contribution is 2.34. The van der Waals surface area contributed by atoms with Crippen molar-refractivity contribution in [3.63, 3.8) is 0 Å². The van der Waals surface area contributed by atoms with Gasteiger partial charge in [-0.15, -0.1) is 0 Å². The summed E-state index contributed by atoms with van der Waals surface area (Å²) in [5.74, 6) is -0.143. The molecule has 0 radical (unpaired) electrons. The second-order valence-electron chi connectivity index (χ2n) is 7.27. The van der Waals surface area contributed by atoms with Crippen LogP contribution in [0.4, 0.5) is 0 Å². The van der Waals surface area contributed by atoms with Crippen LogP contribution in [0.25, 0.3) is 17.0 Å². The van der Waals surface area contributed by atoms with Crippen molar-refractivity contribution in [3.05, 3.63) is 86.5 Å². The SMILES string of the molecule is O=C1/C(=C/c2cc3cccc4c3n(c2=O)CCC4)SC(=S)N1Cc1ccccc1. The Morgan fingerprint density at radius 3 is 2.72 bits per heavy atom. The molecule has 0 spiro atoms. The molecular weight excluding hydrogens is 400 g/mol. The van der Waals surface area contributed by atoms with Gasteiger partial charge in [0.2, 0.25) is 0 Å². The standard InChI is InChI=1S/C23H18N2O2S2/c26-21-18(12-17-9-4-8-16-10-5-11-24(21)20(16)17)13-19-22(27)25(23(28)29-19)14-15-6-2-1-3-7-15/h1-4,6-9,12-13H,5,10-11,14H2/b19-13-. The van der Waals surface area contributed by atoms with Crippen LogP contribution in [-0.2, 0) is 24.3 Å². The molecule has 1 amide bonds. The predicted molar refractivity (Wildman–Crippen MR) is 122 cm³/mol. The summed E-state index contributed by atoms with van der Waals surface area (Å²) in [5.41, 5.74) is 3.76. The zero-order valence-corrected chi connectivity index (χ0v) is 17.3. The monoisotopic (exact) mass is 418 g/mol. The molecular formula is C23H18N2O2S2. The number of thiocarbonyl (C=S) groups is 1. The Morgan fingerprint density at radius 1 is 1.07 bits per heavy atom. The Balaban J connectivity index is 1.53. The molecule has 1 fully saturated rings. The first-order valence-electron chi connectivity index (χ1n) is 9.56. The number of amides is 1.